The maximum atomic E-state index is 12.2. The fourth-order valence-corrected chi connectivity index (χ4v) is 3.43. The fourth-order valence-electron chi connectivity index (χ4n) is 3.43. The van der Waals surface area contributed by atoms with Gasteiger partial charge in [0.2, 0.25) is 11.8 Å². The van der Waals surface area contributed by atoms with Gasteiger partial charge in [-0.1, -0.05) is 13.8 Å². The second-order valence-corrected chi connectivity index (χ2v) is 5.83. The number of carbonyl (C=O) groups is 2. The molecule has 4 heteroatoms. The second-order valence-electron chi connectivity index (χ2n) is 5.83. The summed E-state index contributed by atoms with van der Waals surface area (Å²) >= 11 is 0. The monoisotopic (exact) mass is 238 g/mol. The Morgan fingerprint density at radius 1 is 1.29 bits per heavy atom. The van der Waals surface area contributed by atoms with Gasteiger partial charge in [-0.3, -0.25) is 14.9 Å². The number of amides is 2. The van der Waals surface area contributed by atoms with Gasteiger partial charge in [-0.25, -0.2) is 0 Å². The third kappa shape index (κ3) is 2.37. The van der Waals surface area contributed by atoms with E-state index in [1.54, 1.807) is 0 Å². The number of nitrogens with one attached hydrogen (secondary N) is 2. The Bertz CT molecular complexity index is 321. The highest BCUT2D eigenvalue weighted by Crippen LogP contribution is 2.45. The van der Waals surface area contributed by atoms with Crippen molar-refractivity contribution < 1.29 is 9.59 Å². The van der Waals surface area contributed by atoms with Crippen molar-refractivity contribution in [3.8, 4) is 0 Å². The highest BCUT2D eigenvalue weighted by atomic mass is 16.2. The molecule has 2 amide bonds. The quantitative estimate of drug-likeness (QED) is 0.723. The van der Waals surface area contributed by atoms with Crippen LogP contribution in [-0.2, 0) is 9.59 Å². The SMILES string of the molecule is CC(C)CC1(C2CCNCC2)CC(=O)NC1=O. The minimum absolute atomic E-state index is 0.0249. The molecule has 0 aromatic rings. The predicted molar refractivity (Wildman–Crippen MR) is 65.2 cm³/mol. The van der Waals surface area contributed by atoms with Crippen LogP contribution in [0, 0.1) is 17.3 Å². The van der Waals surface area contributed by atoms with Crippen molar-refractivity contribution in [2.24, 2.45) is 17.3 Å². The van der Waals surface area contributed by atoms with E-state index in [2.05, 4.69) is 24.5 Å². The standard InChI is InChI=1S/C13H22N2O2/c1-9(2)7-13(8-11(16)15-12(13)17)10-3-5-14-6-4-10/h9-10,14H,3-8H2,1-2H3,(H,15,16,17). The topological polar surface area (TPSA) is 58.2 Å². The first kappa shape index (κ1) is 12.6. The van der Waals surface area contributed by atoms with E-state index >= 15 is 0 Å². The molecular formula is C13H22N2O2. The van der Waals surface area contributed by atoms with Crippen LogP contribution in [0.3, 0.4) is 0 Å². The van der Waals surface area contributed by atoms with Gasteiger partial charge in [0, 0.05) is 6.42 Å². The van der Waals surface area contributed by atoms with Gasteiger partial charge in [0.1, 0.15) is 0 Å². The van der Waals surface area contributed by atoms with Gasteiger partial charge < -0.3 is 5.32 Å². The van der Waals surface area contributed by atoms with Crippen molar-refractivity contribution in [1.82, 2.24) is 10.6 Å². The van der Waals surface area contributed by atoms with Crippen LogP contribution in [0.5, 0.6) is 0 Å². The number of carbonyl (C=O) groups excluding carboxylic acids is 2. The highest BCUT2D eigenvalue weighted by Gasteiger charge is 2.51. The van der Waals surface area contributed by atoms with Crippen LogP contribution < -0.4 is 10.6 Å². The van der Waals surface area contributed by atoms with E-state index in [9.17, 15) is 9.59 Å². The van der Waals surface area contributed by atoms with Crippen LogP contribution in [0.25, 0.3) is 0 Å². The molecule has 1 atom stereocenters. The molecular weight excluding hydrogens is 216 g/mol. The van der Waals surface area contributed by atoms with Crippen LogP contribution in [0.15, 0.2) is 0 Å². The molecule has 2 rings (SSSR count). The lowest BCUT2D eigenvalue weighted by atomic mass is 9.66. The van der Waals surface area contributed by atoms with Gasteiger partial charge in [0.05, 0.1) is 5.41 Å². The zero-order chi connectivity index (χ0) is 12.5. The number of piperidine rings is 1. The average Bonchev–Trinajstić information content (AvgIpc) is 2.55. The summed E-state index contributed by atoms with van der Waals surface area (Å²) in [7, 11) is 0. The molecule has 1 unspecified atom stereocenters. The van der Waals surface area contributed by atoms with Crippen LogP contribution >= 0.6 is 0 Å². The molecule has 17 heavy (non-hydrogen) atoms. The van der Waals surface area contributed by atoms with Crippen molar-refractivity contribution in [3.63, 3.8) is 0 Å². The molecule has 0 bridgehead atoms. The number of hydrogen-bond acceptors (Lipinski definition) is 3. The summed E-state index contributed by atoms with van der Waals surface area (Å²) < 4.78 is 0. The Morgan fingerprint density at radius 3 is 2.41 bits per heavy atom. The van der Waals surface area contributed by atoms with E-state index in [1.165, 1.54) is 0 Å². The molecule has 2 saturated heterocycles. The molecule has 0 spiro atoms. The normalized spacial score (nSPS) is 31.0. The first-order valence-corrected chi connectivity index (χ1v) is 6.59. The molecule has 0 aliphatic carbocycles. The van der Waals surface area contributed by atoms with Gasteiger partial charge in [-0.05, 0) is 44.2 Å². The molecule has 0 aromatic carbocycles. The van der Waals surface area contributed by atoms with Crippen molar-refractivity contribution in [1.29, 1.82) is 0 Å². The Hall–Kier alpha value is -0.900. The zero-order valence-electron chi connectivity index (χ0n) is 10.7. The largest absolute Gasteiger partial charge is 0.317 e. The summed E-state index contributed by atoms with van der Waals surface area (Å²) in [6.45, 7) is 6.18. The lowest BCUT2D eigenvalue weighted by Gasteiger charge is -2.38. The highest BCUT2D eigenvalue weighted by molar-refractivity contribution is 6.06. The number of rotatable bonds is 3. The summed E-state index contributed by atoms with van der Waals surface area (Å²) in [5.74, 6) is 0.691. The summed E-state index contributed by atoms with van der Waals surface area (Å²) in [5, 5.41) is 5.83. The van der Waals surface area contributed by atoms with Crippen molar-refractivity contribution in [2.45, 2.75) is 39.5 Å². The minimum Gasteiger partial charge on any atom is -0.317 e. The lowest BCUT2D eigenvalue weighted by molar-refractivity contribution is -0.132. The zero-order valence-corrected chi connectivity index (χ0v) is 10.7. The molecule has 2 heterocycles. The van der Waals surface area contributed by atoms with Gasteiger partial charge in [-0.15, -0.1) is 0 Å². The number of hydrogen-bond donors (Lipinski definition) is 2. The Morgan fingerprint density at radius 2 is 1.94 bits per heavy atom. The lowest BCUT2D eigenvalue weighted by Crippen LogP contribution is -2.44. The average molecular weight is 238 g/mol. The second kappa shape index (κ2) is 4.77. The Balaban J connectivity index is 2.22. The van der Waals surface area contributed by atoms with Crippen molar-refractivity contribution in [2.75, 3.05) is 13.1 Å². The Kier molecular flexibility index (Phi) is 3.52. The molecule has 0 saturated carbocycles. The van der Waals surface area contributed by atoms with E-state index in [-0.39, 0.29) is 11.8 Å². The van der Waals surface area contributed by atoms with Crippen molar-refractivity contribution >= 4 is 11.8 Å². The van der Waals surface area contributed by atoms with Gasteiger partial charge >= 0.3 is 0 Å². The molecule has 2 aliphatic rings. The molecule has 0 radical (unpaired) electrons. The molecule has 2 N–H and O–H groups in total. The van der Waals surface area contributed by atoms with Gasteiger partial charge in [-0.2, -0.15) is 0 Å². The van der Waals surface area contributed by atoms with Gasteiger partial charge in [0.15, 0.2) is 0 Å². The third-order valence-corrected chi connectivity index (χ3v) is 4.07. The predicted octanol–water partition coefficient (Wildman–Crippen LogP) is 1.06. The van der Waals surface area contributed by atoms with E-state index in [0.717, 1.165) is 32.4 Å². The molecule has 4 nitrogen and oxygen atoms in total. The Labute approximate surface area is 103 Å². The van der Waals surface area contributed by atoms with Crippen LogP contribution in [-0.4, -0.2) is 24.9 Å². The van der Waals surface area contributed by atoms with Crippen LogP contribution in [0.4, 0.5) is 0 Å². The first-order chi connectivity index (χ1) is 8.04. The van der Waals surface area contributed by atoms with Crippen LogP contribution in [0.1, 0.15) is 39.5 Å². The summed E-state index contributed by atoms with van der Waals surface area (Å²) in [4.78, 5) is 23.7. The van der Waals surface area contributed by atoms with E-state index in [1.807, 2.05) is 0 Å². The minimum atomic E-state index is -0.423. The number of imide groups is 1. The maximum absolute atomic E-state index is 12.2. The van der Waals surface area contributed by atoms with E-state index in [4.69, 9.17) is 0 Å². The third-order valence-electron chi connectivity index (χ3n) is 4.07. The van der Waals surface area contributed by atoms with Crippen LogP contribution in [0.2, 0.25) is 0 Å². The first-order valence-electron chi connectivity index (χ1n) is 6.59. The molecule has 0 aromatic heterocycles. The molecule has 2 fully saturated rings. The summed E-state index contributed by atoms with van der Waals surface area (Å²) in [6, 6.07) is 0. The molecule has 2 aliphatic heterocycles. The summed E-state index contributed by atoms with van der Waals surface area (Å²) in [5.41, 5.74) is -0.423. The smallest absolute Gasteiger partial charge is 0.233 e. The summed E-state index contributed by atoms with van der Waals surface area (Å²) in [6.07, 6.45) is 3.24. The van der Waals surface area contributed by atoms with E-state index < -0.39 is 5.41 Å². The fraction of sp³-hybridized carbons (Fsp3) is 0.846. The van der Waals surface area contributed by atoms with Crippen molar-refractivity contribution in [3.05, 3.63) is 0 Å². The molecule has 96 valence electrons. The maximum Gasteiger partial charge on any atom is 0.233 e. The van der Waals surface area contributed by atoms with E-state index in [0.29, 0.717) is 18.3 Å². The van der Waals surface area contributed by atoms with Gasteiger partial charge in [0.25, 0.3) is 0 Å².